The van der Waals surface area contributed by atoms with Gasteiger partial charge in [0.1, 0.15) is 5.75 Å². The van der Waals surface area contributed by atoms with Gasteiger partial charge in [0.2, 0.25) is 5.91 Å². The molecule has 1 amide bonds. The third-order valence-electron chi connectivity index (χ3n) is 4.65. The maximum absolute atomic E-state index is 12.1. The lowest BCUT2D eigenvalue weighted by atomic mass is 10.0. The summed E-state index contributed by atoms with van der Waals surface area (Å²) in [6.07, 6.45) is 5.55. The zero-order chi connectivity index (χ0) is 18.9. The molecule has 1 aromatic carbocycles. The van der Waals surface area contributed by atoms with Crippen molar-refractivity contribution in [3.63, 3.8) is 0 Å². The Labute approximate surface area is 162 Å². The minimum atomic E-state index is 0.129. The fourth-order valence-corrected chi connectivity index (χ4v) is 3.29. The number of hydrogen-bond acceptors (Lipinski definition) is 3. The molecule has 144 valence electrons. The molecule has 1 saturated heterocycles. The average Bonchev–Trinajstić information content (AvgIpc) is 2.59. The van der Waals surface area contributed by atoms with E-state index in [-0.39, 0.29) is 5.91 Å². The average molecular weight is 379 g/mol. The smallest absolute Gasteiger partial charge is 0.220 e. The van der Waals surface area contributed by atoms with Crippen molar-refractivity contribution in [1.82, 2.24) is 10.2 Å². The van der Waals surface area contributed by atoms with Crippen molar-refractivity contribution < 1.29 is 9.53 Å². The highest BCUT2D eigenvalue weighted by atomic mass is 35.5. The summed E-state index contributed by atoms with van der Waals surface area (Å²) in [5.74, 6) is 0.961. The quantitative estimate of drug-likeness (QED) is 0.540. The number of carbonyl (C=O) groups is 1. The van der Waals surface area contributed by atoms with E-state index in [0.717, 1.165) is 43.8 Å². The van der Waals surface area contributed by atoms with Crippen molar-refractivity contribution in [3.8, 4) is 5.75 Å². The highest BCUT2D eigenvalue weighted by Gasteiger charge is 2.19. The van der Waals surface area contributed by atoms with Crippen LogP contribution in [0.15, 0.2) is 29.8 Å². The molecule has 0 radical (unpaired) electrons. The summed E-state index contributed by atoms with van der Waals surface area (Å²) in [6, 6.07) is 5.89. The Kier molecular flexibility index (Phi) is 8.46. The van der Waals surface area contributed by atoms with Crippen LogP contribution in [0.25, 0.3) is 0 Å². The van der Waals surface area contributed by atoms with Gasteiger partial charge in [-0.05, 0) is 63.8 Å². The SMILES string of the molecule is CC(C)=CCN1CCC(NC(=O)CCCOc2ccc(Cl)cc2C)CC1. The van der Waals surface area contributed by atoms with Gasteiger partial charge in [0.15, 0.2) is 0 Å². The van der Waals surface area contributed by atoms with Crippen molar-refractivity contribution in [2.75, 3.05) is 26.2 Å². The van der Waals surface area contributed by atoms with Gasteiger partial charge < -0.3 is 10.1 Å². The minimum absolute atomic E-state index is 0.129. The number of aryl methyl sites for hydroxylation is 1. The van der Waals surface area contributed by atoms with E-state index >= 15 is 0 Å². The van der Waals surface area contributed by atoms with Crippen molar-refractivity contribution in [1.29, 1.82) is 0 Å². The predicted octanol–water partition coefficient (Wildman–Crippen LogP) is 4.35. The number of nitrogens with zero attached hydrogens (tertiary/aromatic N) is 1. The second kappa shape index (κ2) is 10.6. The Morgan fingerprint density at radius 2 is 2.08 bits per heavy atom. The van der Waals surface area contributed by atoms with Crippen molar-refractivity contribution in [2.45, 2.75) is 52.5 Å². The normalized spacial score (nSPS) is 15.5. The van der Waals surface area contributed by atoms with Gasteiger partial charge in [0.05, 0.1) is 6.61 Å². The van der Waals surface area contributed by atoms with Crippen LogP contribution in [-0.2, 0) is 4.79 Å². The van der Waals surface area contributed by atoms with E-state index < -0.39 is 0 Å². The van der Waals surface area contributed by atoms with Crippen LogP contribution >= 0.6 is 11.6 Å². The summed E-state index contributed by atoms with van der Waals surface area (Å²) >= 11 is 5.94. The highest BCUT2D eigenvalue weighted by molar-refractivity contribution is 6.30. The molecular formula is C21H31ClN2O2. The Hall–Kier alpha value is -1.52. The van der Waals surface area contributed by atoms with Crippen LogP contribution in [-0.4, -0.2) is 43.1 Å². The van der Waals surface area contributed by atoms with Crippen molar-refractivity contribution >= 4 is 17.5 Å². The summed E-state index contributed by atoms with van der Waals surface area (Å²) in [5, 5.41) is 3.88. The summed E-state index contributed by atoms with van der Waals surface area (Å²) in [6.45, 7) is 9.89. The lowest BCUT2D eigenvalue weighted by Crippen LogP contribution is -2.44. The lowest BCUT2D eigenvalue weighted by molar-refractivity contribution is -0.122. The van der Waals surface area contributed by atoms with Crippen LogP contribution in [0.3, 0.4) is 0 Å². The third-order valence-corrected chi connectivity index (χ3v) is 4.89. The molecule has 1 aliphatic rings. The van der Waals surface area contributed by atoms with Crippen LogP contribution in [0.1, 0.15) is 45.1 Å². The summed E-state index contributed by atoms with van der Waals surface area (Å²) in [5.41, 5.74) is 2.37. The molecule has 1 heterocycles. The number of allylic oxidation sites excluding steroid dienone is 1. The Balaban J connectivity index is 1.60. The molecule has 4 nitrogen and oxygen atoms in total. The maximum atomic E-state index is 12.1. The molecule has 0 aromatic heterocycles. The molecule has 1 aromatic rings. The molecule has 2 rings (SSSR count). The fraction of sp³-hybridized carbons (Fsp3) is 0.571. The van der Waals surface area contributed by atoms with E-state index in [1.807, 2.05) is 25.1 Å². The molecule has 0 saturated carbocycles. The van der Waals surface area contributed by atoms with E-state index in [4.69, 9.17) is 16.3 Å². The van der Waals surface area contributed by atoms with E-state index in [0.29, 0.717) is 30.5 Å². The Morgan fingerprint density at radius 1 is 1.35 bits per heavy atom. The summed E-state index contributed by atoms with van der Waals surface area (Å²) in [7, 11) is 0. The first-order valence-corrected chi connectivity index (χ1v) is 9.86. The van der Waals surface area contributed by atoms with Gasteiger partial charge >= 0.3 is 0 Å². The zero-order valence-corrected chi connectivity index (χ0v) is 16.9. The van der Waals surface area contributed by atoms with E-state index in [1.54, 1.807) is 0 Å². The molecule has 0 atom stereocenters. The minimum Gasteiger partial charge on any atom is -0.493 e. The molecule has 5 heteroatoms. The highest BCUT2D eigenvalue weighted by Crippen LogP contribution is 2.22. The fourth-order valence-electron chi connectivity index (χ4n) is 3.06. The monoisotopic (exact) mass is 378 g/mol. The Morgan fingerprint density at radius 3 is 2.73 bits per heavy atom. The number of nitrogens with one attached hydrogen (secondary N) is 1. The second-order valence-electron chi connectivity index (χ2n) is 7.29. The summed E-state index contributed by atoms with van der Waals surface area (Å²) in [4.78, 5) is 14.6. The van der Waals surface area contributed by atoms with Crippen LogP contribution in [0.4, 0.5) is 0 Å². The van der Waals surface area contributed by atoms with Crippen LogP contribution in [0.2, 0.25) is 5.02 Å². The third kappa shape index (κ3) is 7.38. The van der Waals surface area contributed by atoms with Crippen molar-refractivity contribution in [3.05, 3.63) is 40.4 Å². The number of ether oxygens (including phenoxy) is 1. The van der Waals surface area contributed by atoms with Crippen molar-refractivity contribution in [2.24, 2.45) is 0 Å². The predicted molar refractivity (Wildman–Crippen MR) is 108 cm³/mol. The molecule has 0 bridgehead atoms. The Bertz CT molecular complexity index is 618. The number of likely N-dealkylation sites (tertiary alicyclic amines) is 1. The van der Waals surface area contributed by atoms with Gasteiger partial charge in [-0.25, -0.2) is 0 Å². The van der Waals surface area contributed by atoms with Gasteiger partial charge in [-0.1, -0.05) is 23.3 Å². The number of carbonyl (C=O) groups excluding carboxylic acids is 1. The number of benzene rings is 1. The number of halogens is 1. The van der Waals surface area contributed by atoms with Crippen LogP contribution in [0.5, 0.6) is 5.75 Å². The topological polar surface area (TPSA) is 41.6 Å². The molecule has 1 N–H and O–H groups in total. The lowest BCUT2D eigenvalue weighted by Gasteiger charge is -2.31. The second-order valence-corrected chi connectivity index (χ2v) is 7.72. The van der Waals surface area contributed by atoms with E-state index in [9.17, 15) is 4.79 Å². The van der Waals surface area contributed by atoms with Crippen LogP contribution in [0, 0.1) is 6.92 Å². The number of amides is 1. The summed E-state index contributed by atoms with van der Waals surface area (Å²) < 4.78 is 5.74. The molecule has 1 aliphatic heterocycles. The first-order valence-electron chi connectivity index (χ1n) is 9.48. The molecule has 1 fully saturated rings. The van der Waals surface area contributed by atoms with Gasteiger partial charge in [-0.15, -0.1) is 0 Å². The standard InChI is InChI=1S/C21H31ClN2O2/c1-16(2)8-11-24-12-9-19(10-13-24)23-21(25)5-4-14-26-20-7-6-18(22)15-17(20)3/h6-8,15,19H,4-5,9-14H2,1-3H3,(H,23,25). The van der Waals surface area contributed by atoms with Gasteiger partial charge in [0.25, 0.3) is 0 Å². The molecule has 26 heavy (non-hydrogen) atoms. The van der Waals surface area contributed by atoms with Crippen LogP contribution < -0.4 is 10.1 Å². The molecule has 0 spiro atoms. The maximum Gasteiger partial charge on any atom is 0.220 e. The first kappa shape index (κ1) is 20.8. The largest absolute Gasteiger partial charge is 0.493 e. The van der Waals surface area contributed by atoms with Gasteiger partial charge in [-0.3, -0.25) is 9.69 Å². The molecule has 0 aliphatic carbocycles. The first-order chi connectivity index (χ1) is 12.4. The van der Waals surface area contributed by atoms with E-state index in [1.165, 1.54) is 5.57 Å². The zero-order valence-electron chi connectivity index (χ0n) is 16.2. The molecule has 0 unspecified atom stereocenters. The van der Waals surface area contributed by atoms with Gasteiger partial charge in [-0.2, -0.15) is 0 Å². The van der Waals surface area contributed by atoms with E-state index in [2.05, 4.69) is 30.1 Å². The van der Waals surface area contributed by atoms with Gasteiger partial charge in [0, 0.05) is 37.1 Å². The number of piperidine rings is 1. The molecular weight excluding hydrogens is 348 g/mol. The number of rotatable bonds is 8. The number of hydrogen-bond donors (Lipinski definition) is 1.